The van der Waals surface area contributed by atoms with E-state index in [4.69, 9.17) is 16.9 Å². The van der Waals surface area contributed by atoms with E-state index in [2.05, 4.69) is 16.6 Å². The van der Waals surface area contributed by atoms with E-state index in [0.717, 1.165) is 38.5 Å². The fourth-order valence-electron chi connectivity index (χ4n) is 4.94. The van der Waals surface area contributed by atoms with Gasteiger partial charge in [-0.25, -0.2) is 4.79 Å². The highest BCUT2D eigenvalue weighted by Gasteiger charge is 2.42. The third-order valence-corrected chi connectivity index (χ3v) is 6.99. The van der Waals surface area contributed by atoms with E-state index in [-0.39, 0.29) is 18.0 Å². The summed E-state index contributed by atoms with van der Waals surface area (Å²) in [7, 11) is 0. The predicted molar refractivity (Wildman–Crippen MR) is 144 cm³/mol. The Bertz CT molecular complexity index is 1050. The lowest BCUT2D eigenvalue weighted by atomic mass is 9.87. The molecule has 0 aliphatic heterocycles. The maximum atomic E-state index is 14.1. The van der Waals surface area contributed by atoms with Gasteiger partial charge in [-0.2, -0.15) is 0 Å². The average molecular weight is 525 g/mol. The Kier molecular flexibility index (Phi) is 9.78. The van der Waals surface area contributed by atoms with E-state index >= 15 is 0 Å². The zero-order valence-corrected chi connectivity index (χ0v) is 22.6. The van der Waals surface area contributed by atoms with Crippen molar-refractivity contribution in [2.45, 2.75) is 108 Å². The van der Waals surface area contributed by atoms with Crippen LogP contribution in [-0.2, 0) is 19.1 Å². The van der Waals surface area contributed by atoms with Gasteiger partial charge in [0.2, 0.25) is 17.7 Å². The number of hydrogen-bond acceptors (Lipinski definition) is 5. The molecule has 0 aromatic heterocycles. The number of nitrogens with zero attached hydrogens (tertiary/aromatic N) is 1. The number of rotatable bonds is 9. The van der Waals surface area contributed by atoms with Crippen LogP contribution in [0.4, 0.5) is 4.79 Å². The summed E-state index contributed by atoms with van der Waals surface area (Å²) >= 11 is 0. The van der Waals surface area contributed by atoms with E-state index < -0.39 is 42.0 Å². The molecule has 2 atom stereocenters. The highest BCUT2D eigenvalue weighted by molar-refractivity contribution is 5.95. The summed E-state index contributed by atoms with van der Waals surface area (Å²) in [6.45, 7) is 5.09. The van der Waals surface area contributed by atoms with Gasteiger partial charge in [-0.15, -0.1) is 6.42 Å². The van der Waals surface area contributed by atoms with Crippen molar-refractivity contribution in [2.75, 3.05) is 0 Å². The molecule has 0 spiro atoms. The Morgan fingerprint density at radius 3 is 2.18 bits per heavy atom. The van der Waals surface area contributed by atoms with Gasteiger partial charge in [-0.05, 0) is 70.6 Å². The molecule has 0 saturated heterocycles. The summed E-state index contributed by atoms with van der Waals surface area (Å²) in [4.78, 5) is 54.0. The van der Waals surface area contributed by atoms with Crippen molar-refractivity contribution in [3.63, 3.8) is 0 Å². The number of carbonyl (C=O) groups excluding carboxylic acids is 4. The van der Waals surface area contributed by atoms with Crippen molar-refractivity contribution in [1.29, 1.82) is 0 Å². The van der Waals surface area contributed by atoms with Crippen LogP contribution in [0.1, 0.15) is 95.7 Å². The van der Waals surface area contributed by atoms with Crippen LogP contribution in [0.5, 0.6) is 0 Å². The fraction of sp³-hybridized carbons (Fsp3) is 0.586. The summed E-state index contributed by atoms with van der Waals surface area (Å²) in [5.41, 5.74) is 5.91. The minimum atomic E-state index is -1.28. The quantitative estimate of drug-likeness (QED) is 0.427. The van der Waals surface area contributed by atoms with Gasteiger partial charge in [0, 0.05) is 17.6 Å². The van der Waals surface area contributed by atoms with Crippen molar-refractivity contribution in [3.05, 3.63) is 35.4 Å². The van der Waals surface area contributed by atoms with Crippen LogP contribution in [0.2, 0.25) is 0 Å². The zero-order chi connectivity index (χ0) is 27.9. The van der Waals surface area contributed by atoms with Crippen molar-refractivity contribution >= 4 is 23.8 Å². The summed E-state index contributed by atoms with van der Waals surface area (Å²) in [5.74, 6) is 0.973. The number of primary amides is 1. The summed E-state index contributed by atoms with van der Waals surface area (Å²) in [6.07, 6.45) is 11.6. The van der Waals surface area contributed by atoms with Crippen LogP contribution < -0.4 is 16.4 Å². The molecule has 0 radical (unpaired) electrons. The van der Waals surface area contributed by atoms with Gasteiger partial charge in [0.1, 0.15) is 17.7 Å². The molecule has 2 aliphatic rings. The van der Waals surface area contributed by atoms with Crippen LogP contribution in [-0.4, -0.2) is 52.4 Å². The van der Waals surface area contributed by atoms with Crippen molar-refractivity contribution < 1.29 is 23.9 Å². The molecule has 2 saturated carbocycles. The standard InChI is InChI=1S/C29H40N4O5/c1-5-19-14-16-20(17-15-19)25(26(35)31-21-10-7-6-8-11-21)33(22-12-9-13-22)27(36)23(18-24(30)34)32-28(37)38-29(2,3)4/h1,14-17,21-23,25H,6-13,18H2,2-4H3,(H2,30,34)(H,31,35)(H,32,37). The lowest BCUT2D eigenvalue weighted by Crippen LogP contribution is -2.58. The zero-order valence-electron chi connectivity index (χ0n) is 22.6. The topological polar surface area (TPSA) is 131 Å². The molecule has 4 amide bonds. The van der Waals surface area contributed by atoms with E-state index in [1.54, 1.807) is 45.0 Å². The molecular weight excluding hydrogens is 484 g/mol. The third kappa shape index (κ3) is 7.98. The number of nitrogens with one attached hydrogen (secondary N) is 2. The Balaban J connectivity index is 1.98. The Hall–Kier alpha value is -3.54. The van der Waals surface area contributed by atoms with Crippen molar-refractivity contribution in [2.24, 2.45) is 5.73 Å². The van der Waals surface area contributed by atoms with Crippen LogP contribution in [0.3, 0.4) is 0 Å². The van der Waals surface area contributed by atoms with Gasteiger partial charge in [0.15, 0.2) is 0 Å². The van der Waals surface area contributed by atoms with Gasteiger partial charge >= 0.3 is 6.09 Å². The molecule has 1 aromatic rings. The van der Waals surface area contributed by atoms with Crippen molar-refractivity contribution in [3.8, 4) is 12.3 Å². The van der Waals surface area contributed by atoms with E-state index in [0.29, 0.717) is 24.0 Å². The first kappa shape index (κ1) is 29.0. The summed E-state index contributed by atoms with van der Waals surface area (Å²) < 4.78 is 5.33. The lowest BCUT2D eigenvalue weighted by Gasteiger charge is -2.44. The van der Waals surface area contributed by atoms with Gasteiger partial charge in [-0.1, -0.05) is 37.3 Å². The largest absolute Gasteiger partial charge is 0.444 e. The second kappa shape index (κ2) is 12.8. The normalized spacial score (nSPS) is 17.7. The maximum Gasteiger partial charge on any atom is 0.408 e. The lowest BCUT2D eigenvalue weighted by molar-refractivity contribution is -0.148. The van der Waals surface area contributed by atoms with E-state index in [9.17, 15) is 19.2 Å². The van der Waals surface area contributed by atoms with Gasteiger partial charge in [-0.3, -0.25) is 14.4 Å². The number of terminal acetylenes is 1. The monoisotopic (exact) mass is 524 g/mol. The molecule has 0 bridgehead atoms. The molecule has 1 aromatic carbocycles. The predicted octanol–water partition coefficient (Wildman–Crippen LogP) is 3.31. The van der Waals surface area contributed by atoms with E-state index in [1.165, 1.54) is 4.90 Å². The molecule has 9 nitrogen and oxygen atoms in total. The SMILES string of the molecule is C#Cc1ccc(C(C(=O)NC2CCCCC2)N(C(=O)C(CC(N)=O)NC(=O)OC(C)(C)C)C2CCC2)cc1. The number of hydrogen-bond donors (Lipinski definition) is 3. The molecule has 206 valence electrons. The Morgan fingerprint density at radius 2 is 1.68 bits per heavy atom. The first-order valence-electron chi connectivity index (χ1n) is 13.5. The summed E-state index contributed by atoms with van der Waals surface area (Å²) in [5, 5.41) is 5.68. The Morgan fingerprint density at radius 1 is 1.05 bits per heavy atom. The Labute approximate surface area is 225 Å². The second-order valence-corrected chi connectivity index (χ2v) is 11.2. The fourth-order valence-corrected chi connectivity index (χ4v) is 4.94. The van der Waals surface area contributed by atoms with E-state index in [1.807, 2.05) is 0 Å². The van der Waals surface area contributed by atoms with Crippen molar-refractivity contribution in [1.82, 2.24) is 15.5 Å². The molecule has 9 heteroatoms. The molecule has 3 rings (SSSR count). The first-order chi connectivity index (χ1) is 18.0. The second-order valence-electron chi connectivity index (χ2n) is 11.2. The highest BCUT2D eigenvalue weighted by atomic mass is 16.6. The third-order valence-electron chi connectivity index (χ3n) is 6.99. The molecule has 2 fully saturated rings. The molecule has 4 N–H and O–H groups in total. The average Bonchev–Trinajstić information content (AvgIpc) is 2.81. The van der Waals surface area contributed by atoms with Crippen LogP contribution in [0.15, 0.2) is 24.3 Å². The number of alkyl carbamates (subject to hydrolysis) is 1. The first-order valence-corrected chi connectivity index (χ1v) is 13.5. The smallest absolute Gasteiger partial charge is 0.408 e. The molecule has 38 heavy (non-hydrogen) atoms. The van der Waals surface area contributed by atoms with Crippen LogP contribution in [0, 0.1) is 12.3 Å². The van der Waals surface area contributed by atoms with Crippen LogP contribution in [0.25, 0.3) is 0 Å². The maximum absolute atomic E-state index is 14.1. The molecule has 0 heterocycles. The minimum Gasteiger partial charge on any atom is -0.444 e. The number of amides is 4. The number of benzene rings is 1. The summed E-state index contributed by atoms with van der Waals surface area (Å²) in [6, 6.07) is 4.54. The molecular formula is C29H40N4O5. The number of ether oxygens (including phenoxy) is 1. The number of carbonyl (C=O) groups is 4. The van der Waals surface area contributed by atoms with Gasteiger partial charge in [0.25, 0.3) is 0 Å². The minimum absolute atomic E-state index is 0.0309. The molecule has 2 unspecified atom stereocenters. The number of nitrogens with two attached hydrogens (primary N) is 1. The highest BCUT2D eigenvalue weighted by Crippen LogP contribution is 2.34. The van der Waals surface area contributed by atoms with Gasteiger partial charge in [0.05, 0.1) is 6.42 Å². The van der Waals surface area contributed by atoms with Gasteiger partial charge < -0.3 is 26.0 Å². The molecule has 2 aliphatic carbocycles. The van der Waals surface area contributed by atoms with Crippen LogP contribution >= 0.6 is 0 Å².